The minimum Gasteiger partial charge on any atom is -0.394 e. The van der Waals surface area contributed by atoms with Crippen molar-refractivity contribution in [3.63, 3.8) is 0 Å². The molecule has 9 nitrogen and oxygen atoms in total. The lowest BCUT2D eigenvalue weighted by Gasteiger charge is -2.40. The number of aliphatic hydroxyl groups excluding tert-OH is 5. The Labute approximate surface area is 456 Å². The van der Waals surface area contributed by atoms with Crippen LogP contribution in [-0.2, 0) is 14.3 Å². The van der Waals surface area contributed by atoms with Crippen LogP contribution < -0.4 is 5.32 Å². The van der Waals surface area contributed by atoms with Crippen molar-refractivity contribution < 1.29 is 39.8 Å². The lowest BCUT2D eigenvalue weighted by atomic mass is 9.99. The summed E-state index contributed by atoms with van der Waals surface area (Å²) in [4.78, 5) is 13.1. The number of carbonyl (C=O) groups excluding carboxylic acids is 1. The smallest absolute Gasteiger partial charge is 0.220 e. The SMILES string of the molecule is CCCCCCCC/C=C\CCCCCCCCCCCC(=O)NC(COC1OC(CO)C(O)C(O)C1O)C(O)/C=C/CC/C=C/CC/C=C/CCCCCCCCCCCCCCCCCCCCCCCC. The third kappa shape index (κ3) is 43.2. The van der Waals surface area contributed by atoms with Gasteiger partial charge in [-0.05, 0) is 70.6 Å². The van der Waals surface area contributed by atoms with Gasteiger partial charge in [0.1, 0.15) is 24.4 Å². The summed E-state index contributed by atoms with van der Waals surface area (Å²) in [6.45, 7) is 3.78. The number of hydrogen-bond acceptors (Lipinski definition) is 8. The van der Waals surface area contributed by atoms with E-state index >= 15 is 0 Å². The van der Waals surface area contributed by atoms with Gasteiger partial charge in [-0.1, -0.05) is 274 Å². The monoisotopic (exact) mass is 1040 g/mol. The van der Waals surface area contributed by atoms with E-state index in [9.17, 15) is 30.3 Å². The lowest BCUT2D eigenvalue weighted by molar-refractivity contribution is -0.302. The summed E-state index contributed by atoms with van der Waals surface area (Å²) in [5.41, 5.74) is 0. The molecular weight excluding hydrogens is 923 g/mol. The van der Waals surface area contributed by atoms with E-state index in [0.717, 1.165) is 44.9 Å². The molecule has 1 fully saturated rings. The van der Waals surface area contributed by atoms with Crippen LogP contribution in [0.5, 0.6) is 0 Å². The van der Waals surface area contributed by atoms with Gasteiger partial charge >= 0.3 is 0 Å². The molecule has 434 valence electrons. The third-order valence-corrected chi connectivity index (χ3v) is 15.1. The topological polar surface area (TPSA) is 149 Å². The first kappa shape index (κ1) is 70.2. The Morgan fingerprint density at radius 3 is 1.14 bits per heavy atom. The van der Waals surface area contributed by atoms with E-state index in [1.165, 1.54) is 238 Å². The van der Waals surface area contributed by atoms with Crippen molar-refractivity contribution in [1.29, 1.82) is 0 Å². The van der Waals surface area contributed by atoms with Crippen LogP contribution in [0.4, 0.5) is 0 Å². The predicted octanol–water partition coefficient (Wildman–Crippen LogP) is 16.5. The molecule has 0 aromatic carbocycles. The summed E-state index contributed by atoms with van der Waals surface area (Å²) >= 11 is 0. The number of rotatable bonds is 55. The predicted molar refractivity (Wildman–Crippen MR) is 313 cm³/mol. The Bertz CT molecular complexity index is 1300. The highest BCUT2D eigenvalue weighted by molar-refractivity contribution is 5.76. The molecule has 1 aliphatic rings. The number of allylic oxidation sites excluding steroid dienone is 7. The summed E-state index contributed by atoms with van der Waals surface area (Å²) in [5.74, 6) is -0.191. The first-order valence-corrected chi connectivity index (χ1v) is 31.9. The maximum atomic E-state index is 13.1. The summed E-state index contributed by atoms with van der Waals surface area (Å²) in [6.07, 6.45) is 66.3. The van der Waals surface area contributed by atoms with Crippen molar-refractivity contribution >= 4 is 5.91 Å². The van der Waals surface area contributed by atoms with Gasteiger partial charge in [0, 0.05) is 6.42 Å². The van der Waals surface area contributed by atoms with E-state index in [0.29, 0.717) is 6.42 Å². The molecule has 7 atom stereocenters. The van der Waals surface area contributed by atoms with Crippen LogP contribution in [0, 0.1) is 0 Å². The van der Waals surface area contributed by atoms with Crippen LogP contribution in [0.2, 0.25) is 0 Å². The fraction of sp³-hybridized carbons (Fsp3) is 0.862. The van der Waals surface area contributed by atoms with Crippen LogP contribution in [-0.4, -0.2) is 87.5 Å². The highest BCUT2D eigenvalue weighted by Crippen LogP contribution is 2.23. The van der Waals surface area contributed by atoms with Crippen molar-refractivity contribution in [2.24, 2.45) is 0 Å². The van der Waals surface area contributed by atoms with Gasteiger partial charge in [0.05, 0.1) is 25.4 Å². The molecule has 7 unspecified atom stereocenters. The van der Waals surface area contributed by atoms with Crippen LogP contribution in [0.3, 0.4) is 0 Å². The molecule has 1 amide bonds. The molecule has 0 radical (unpaired) electrons. The molecule has 74 heavy (non-hydrogen) atoms. The second kappa shape index (κ2) is 54.5. The van der Waals surface area contributed by atoms with Crippen molar-refractivity contribution in [3.8, 4) is 0 Å². The van der Waals surface area contributed by atoms with Crippen molar-refractivity contribution in [3.05, 3.63) is 48.6 Å². The molecule has 0 bridgehead atoms. The van der Waals surface area contributed by atoms with Crippen molar-refractivity contribution in [2.45, 2.75) is 346 Å². The van der Waals surface area contributed by atoms with Gasteiger partial charge in [0.15, 0.2) is 6.29 Å². The summed E-state index contributed by atoms with van der Waals surface area (Å²) in [6, 6.07) is -0.831. The standard InChI is InChI=1S/C65H121NO8/c1-3-5-7-9-11-13-15-17-19-21-23-24-25-26-27-28-29-30-31-32-33-34-35-37-38-40-42-44-46-48-50-52-54-59(68)58(57-73-65-64(72)63(71)62(70)60(56-67)74-65)66-61(69)55-53-51-49-47-45-43-41-39-36-22-20-18-16-14-12-10-8-6-4-2/h18,20,37-38,44,46,52,54,58-60,62-65,67-68,70-72H,3-17,19,21-36,39-43,45,47-51,53,55-57H2,1-2H3,(H,66,69)/b20-18-,38-37+,46-44+,54-52+. The number of aliphatic hydroxyl groups is 5. The molecule has 0 aromatic rings. The van der Waals surface area contributed by atoms with E-state index in [4.69, 9.17) is 9.47 Å². The Morgan fingerprint density at radius 2 is 0.770 bits per heavy atom. The number of ether oxygens (including phenoxy) is 2. The van der Waals surface area contributed by atoms with E-state index < -0.39 is 49.5 Å². The maximum absolute atomic E-state index is 13.1. The minimum atomic E-state index is -1.58. The van der Waals surface area contributed by atoms with E-state index in [-0.39, 0.29) is 12.5 Å². The zero-order valence-electron chi connectivity index (χ0n) is 48.4. The highest BCUT2D eigenvalue weighted by Gasteiger charge is 2.44. The van der Waals surface area contributed by atoms with Crippen LogP contribution in [0.25, 0.3) is 0 Å². The zero-order valence-corrected chi connectivity index (χ0v) is 48.4. The van der Waals surface area contributed by atoms with E-state index in [1.54, 1.807) is 6.08 Å². The minimum absolute atomic E-state index is 0.191. The highest BCUT2D eigenvalue weighted by atomic mass is 16.7. The molecule has 0 spiro atoms. The average Bonchev–Trinajstić information content (AvgIpc) is 3.40. The quantitative estimate of drug-likeness (QED) is 0.0261. The summed E-state index contributed by atoms with van der Waals surface area (Å²) in [7, 11) is 0. The molecule has 1 aliphatic heterocycles. The lowest BCUT2D eigenvalue weighted by Crippen LogP contribution is -2.60. The Hall–Kier alpha value is -1.85. The molecule has 6 N–H and O–H groups in total. The van der Waals surface area contributed by atoms with Gasteiger partial charge in [-0.15, -0.1) is 0 Å². The van der Waals surface area contributed by atoms with Gasteiger partial charge in [-0.3, -0.25) is 4.79 Å². The summed E-state index contributed by atoms with van der Waals surface area (Å²) in [5, 5.41) is 54.6. The number of nitrogens with one attached hydrogen (secondary N) is 1. The number of hydrogen-bond donors (Lipinski definition) is 6. The second-order valence-electron chi connectivity index (χ2n) is 22.2. The van der Waals surface area contributed by atoms with Gasteiger partial charge in [0.2, 0.25) is 5.91 Å². The Morgan fingerprint density at radius 1 is 0.446 bits per heavy atom. The molecule has 1 heterocycles. The molecule has 0 aromatic heterocycles. The fourth-order valence-corrected chi connectivity index (χ4v) is 10.1. The van der Waals surface area contributed by atoms with Crippen molar-refractivity contribution in [2.75, 3.05) is 13.2 Å². The van der Waals surface area contributed by atoms with Gasteiger partial charge < -0.3 is 40.3 Å². The van der Waals surface area contributed by atoms with Gasteiger partial charge in [-0.2, -0.15) is 0 Å². The van der Waals surface area contributed by atoms with Crippen LogP contribution in [0.15, 0.2) is 48.6 Å². The number of carbonyl (C=O) groups is 1. The first-order valence-electron chi connectivity index (χ1n) is 31.9. The van der Waals surface area contributed by atoms with Crippen LogP contribution >= 0.6 is 0 Å². The Balaban J connectivity index is 2.19. The second-order valence-corrected chi connectivity index (χ2v) is 22.2. The third-order valence-electron chi connectivity index (χ3n) is 15.1. The van der Waals surface area contributed by atoms with Gasteiger partial charge in [0.25, 0.3) is 0 Å². The maximum Gasteiger partial charge on any atom is 0.220 e. The van der Waals surface area contributed by atoms with Crippen molar-refractivity contribution in [1.82, 2.24) is 5.32 Å². The molecule has 0 aliphatic carbocycles. The number of unbranched alkanes of at least 4 members (excludes halogenated alkanes) is 39. The largest absolute Gasteiger partial charge is 0.394 e. The molecule has 9 heteroatoms. The molecule has 1 saturated heterocycles. The first-order chi connectivity index (χ1) is 36.3. The zero-order chi connectivity index (χ0) is 53.6. The Kier molecular flexibility index (Phi) is 51.7. The fourth-order valence-electron chi connectivity index (χ4n) is 10.1. The molecule has 0 saturated carbocycles. The average molecular weight is 1040 g/mol. The van der Waals surface area contributed by atoms with Crippen LogP contribution in [0.1, 0.15) is 303 Å². The molecular formula is C65H121NO8. The molecule has 1 rings (SSSR count). The summed E-state index contributed by atoms with van der Waals surface area (Å²) < 4.78 is 11.3. The number of amides is 1. The normalized spacial score (nSPS) is 19.3. The van der Waals surface area contributed by atoms with Gasteiger partial charge in [-0.25, -0.2) is 0 Å². The van der Waals surface area contributed by atoms with E-state index in [2.05, 4.69) is 55.6 Å². The van der Waals surface area contributed by atoms with E-state index in [1.807, 2.05) is 6.08 Å².